The molecule has 1 atom stereocenters. The topological polar surface area (TPSA) is 76.0 Å². The first-order chi connectivity index (χ1) is 8.29. The Morgan fingerprint density at radius 1 is 1.39 bits per heavy atom. The van der Waals surface area contributed by atoms with Crippen LogP contribution in [0.15, 0.2) is 23.1 Å². The van der Waals surface area contributed by atoms with E-state index < -0.39 is 9.84 Å². The van der Waals surface area contributed by atoms with Crippen LogP contribution in [0.1, 0.15) is 18.2 Å². The molecule has 0 amide bonds. The summed E-state index contributed by atoms with van der Waals surface area (Å²) in [7, 11) is -3.18. The summed E-state index contributed by atoms with van der Waals surface area (Å²) in [6.45, 7) is 3.93. The zero-order valence-electron chi connectivity index (χ0n) is 10.8. The van der Waals surface area contributed by atoms with Gasteiger partial charge in [-0.1, -0.05) is 0 Å². The van der Waals surface area contributed by atoms with Crippen molar-refractivity contribution in [3.8, 4) is 0 Å². The van der Waals surface area contributed by atoms with Crippen LogP contribution >= 0.6 is 0 Å². The van der Waals surface area contributed by atoms with E-state index in [2.05, 4.69) is 4.98 Å². The van der Waals surface area contributed by atoms with Crippen LogP contribution in [-0.2, 0) is 16.3 Å². The second-order valence-electron chi connectivity index (χ2n) is 4.89. The second kappa shape index (κ2) is 4.40. The number of nitrogens with two attached hydrogens (primary N) is 1. The molecule has 1 unspecified atom stereocenters. The first-order valence-electron chi connectivity index (χ1n) is 5.86. The molecule has 0 aliphatic carbocycles. The molecule has 4 nitrogen and oxygen atoms in total. The number of benzene rings is 1. The van der Waals surface area contributed by atoms with Gasteiger partial charge in [-0.05, 0) is 44.0 Å². The fourth-order valence-electron chi connectivity index (χ4n) is 2.18. The number of H-pyrrole nitrogens is 1. The van der Waals surface area contributed by atoms with E-state index in [1.54, 1.807) is 12.1 Å². The van der Waals surface area contributed by atoms with Crippen LogP contribution in [-0.4, -0.2) is 25.7 Å². The normalized spacial score (nSPS) is 14.0. The van der Waals surface area contributed by atoms with Gasteiger partial charge in [-0.25, -0.2) is 8.42 Å². The third-order valence-corrected chi connectivity index (χ3v) is 4.16. The van der Waals surface area contributed by atoms with Gasteiger partial charge in [0.15, 0.2) is 9.84 Å². The maximum absolute atomic E-state index is 11.6. The highest BCUT2D eigenvalue weighted by Crippen LogP contribution is 2.26. The van der Waals surface area contributed by atoms with Crippen LogP contribution in [0.4, 0.5) is 0 Å². The van der Waals surface area contributed by atoms with Crippen molar-refractivity contribution in [2.24, 2.45) is 5.73 Å². The zero-order valence-corrected chi connectivity index (χ0v) is 11.6. The number of hydrogen-bond acceptors (Lipinski definition) is 3. The van der Waals surface area contributed by atoms with Crippen molar-refractivity contribution in [1.82, 2.24) is 4.98 Å². The van der Waals surface area contributed by atoms with Crippen molar-refractivity contribution in [3.63, 3.8) is 0 Å². The number of aromatic amines is 1. The molecule has 3 N–H and O–H groups in total. The molecule has 0 saturated heterocycles. The van der Waals surface area contributed by atoms with Gasteiger partial charge in [0.05, 0.1) is 4.90 Å². The molecule has 1 heterocycles. The molecule has 0 fully saturated rings. The number of aryl methyl sites for hydroxylation is 1. The highest BCUT2D eigenvalue weighted by atomic mass is 32.2. The van der Waals surface area contributed by atoms with Crippen molar-refractivity contribution in [2.75, 3.05) is 6.26 Å². The average molecular weight is 266 g/mol. The lowest BCUT2D eigenvalue weighted by Gasteiger charge is -2.06. The predicted octanol–water partition coefficient (Wildman–Crippen LogP) is 1.77. The maximum Gasteiger partial charge on any atom is 0.175 e. The minimum Gasteiger partial charge on any atom is -0.358 e. The summed E-state index contributed by atoms with van der Waals surface area (Å²) in [6.07, 6.45) is 1.96. The Bertz CT molecular complexity index is 684. The van der Waals surface area contributed by atoms with E-state index in [0.717, 1.165) is 28.6 Å². The first-order valence-corrected chi connectivity index (χ1v) is 7.75. The fraction of sp³-hybridized carbons (Fsp3) is 0.385. The Morgan fingerprint density at radius 2 is 2.06 bits per heavy atom. The van der Waals surface area contributed by atoms with Crippen LogP contribution in [0, 0.1) is 6.92 Å². The Morgan fingerprint density at radius 3 is 2.61 bits per heavy atom. The van der Waals surface area contributed by atoms with E-state index in [-0.39, 0.29) is 6.04 Å². The summed E-state index contributed by atoms with van der Waals surface area (Å²) in [5.74, 6) is 0. The molecule has 98 valence electrons. The average Bonchev–Trinajstić information content (AvgIpc) is 2.53. The number of hydrogen-bond donors (Lipinski definition) is 2. The predicted molar refractivity (Wildman–Crippen MR) is 73.5 cm³/mol. The monoisotopic (exact) mass is 266 g/mol. The van der Waals surface area contributed by atoms with E-state index in [1.807, 2.05) is 19.9 Å². The van der Waals surface area contributed by atoms with Crippen LogP contribution in [0.25, 0.3) is 10.9 Å². The molecule has 2 rings (SSSR count). The van der Waals surface area contributed by atoms with Gasteiger partial charge in [0, 0.05) is 28.9 Å². The highest BCUT2D eigenvalue weighted by Gasteiger charge is 2.13. The summed E-state index contributed by atoms with van der Waals surface area (Å²) in [6, 6.07) is 5.21. The van der Waals surface area contributed by atoms with Gasteiger partial charge >= 0.3 is 0 Å². The van der Waals surface area contributed by atoms with E-state index in [4.69, 9.17) is 5.73 Å². The van der Waals surface area contributed by atoms with Gasteiger partial charge < -0.3 is 10.7 Å². The summed E-state index contributed by atoms with van der Waals surface area (Å²) in [5.41, 5.74) is 8.94. The molecule has 0 aliphatic rings. The molecule has 5 heteroatoms. The quantitative estimate of drug-likeness (QED) is 0.889. The molecule has 1 aromatic heterocycles. The summed E-state index contributed by atoms with van der Waals surface area (Å²) in [4.78, 5) is 3.61. The fourth-order valence-corrected chi connectivity index (χ4v) is 2.82. The van der Waals surface area contributed by atoms with Crippen molar-refractivity contribution < 1.29 is 8.42 Å². The van der Waals surface area contributed by atoms with Crippen molar-refractivity contribution in [1.29, 1.82) is 0 Å². The molecule has 0 bridgehead atoms. The molecule has 0 radical (unpaired) electrons. The van der Waals surface area contributed by atoms with Gasteiger partial charge in [0.1, 0.15) is 0 Å². The summed E-state index contributed by atoms with van der Waals surface area (Å²) >= 11 is 0. The molecule has 0 aliphatic heterocycles. The van der Waals surface area contributed by atoms with Gasteiger partial charge in [0.2, 0.25) is 0 Å². The van der Waals surface area contributed by atoms with E-state index in [0.29, 0.717) is 4.90 Å². The van der Waals surface area contributed by atoms with Gasteiger partial charge in [-0.15, -0.1) is 0 Å². The SMILES string of the molecule is Cc1[nH]c2ccc(S(C)(=O)=O)cc2c1CC(C)N. The van der Waals surface area contributed by atoms with Crippen molar-refractivity contribution in [3.05, 3.63) is 29.5 Å². The number of sulfone groups is 1. The van der Waals surface area contributed by atoms with Crippen LogP contribution < -0.4 is 5.73 Å². The van der Waals surface area contributed by atoms with E-state index >= 15 is 0 Å². The summed E-state index contributed by atoms with van der Waals surface area (Å²) < 4.78 is 23.2. The van der Waals surface area contributed by atoms with Gasteiger partial charge in [-0.3, -0.25) is 0 Å². The Hall–Kier alpha value is -1.33. The van der Waals surface area contributed by atoms with Gasteiger partial charge in [-0.2, -0.15) is 0 Å². The highest BCUT2D eigenvalue weighted by molar-refractivity contribution is 7.90. The minimum atomic E-state index is -3.18. The first kappa shape index (κ1) is 13.1. The van der Waals surface area contributed by atoms with Crippen molar-refractivity contribution in [2.45, 2.75) is 31.2 Å². The molecule has 18 heavy (non-hydrogen) atoms. The third-order valence-electron chi connectivity index (χ3n) is 3.05. The number of nitrogens with one attached hydrogen (secondary N) is 1. The molecule has 2 aromatic rings. The lowest BCUT2D eigenvalue weighted by atomic mass is 10.0. The third kappa shape index (κ3) is 2.42. The number of rotatable bonds is 3. The lowest BCUT2D eigenvalue weighted by molar-refractivity contribution is 0.602. The van der Waals surface area contributed by atoms with Crippen LogP contribution in [0.3, 0.4) is 0 Å². The van der Waals surface area contributed by atoms with E-state index in [9.17, 15) is 8.42 Å². The Labute approximate surface area is 107 Å². The lowest BCUT2D eigenvalue weighted by Crippen LogP contribution is -2.18. The summed E-state index contributed by atoms with van der Waals surface area (Å²) in [5, 5.41) is 0.952. The molecular formula is C13H18N2O2S. The second-order valence-corrected chi connectivity index (χ2v) is 6.91. The standard InChI is InChI=1S/C13H18N2O2S/c1-8(14)6-11-9(2)15-13-5-4-10(7-12(11)13)18(3,16)17/h4-5,7-8,15H,6,14H2,1-3H3. The smallest absolute Gasteiger partial charge is 0.175 e. The van der Waals surface area contributed by atoms with Crippen LogP contribution in [0.2, 0.25) is 0 Å². The number of aromatic nitrogens is 1. The van der Waals surface area contributed by atoms with Crippen molar-refractivity contribution >= 4 is 20.7 Å². The maximum atomic E-state index is 11.6. The Balaban J connectivity index is 2.67. The van der Waals surface area contributed by atoms with Crippen LogP contribution in [0.5, 0.6) is 0 Å². The molecule has 0 saturated carbocycles. The zero-order chi connectivity index (χ0) is 13.5. The number of fused-ring (bicyclic) bond motifs is 1. The molecule has 1 aromatic carbocycles. The minimum absolute atomic E-state index is 0.0459. The molecular weight excluding hydrogens is 248 g/mol. The van der Waals surface area contributed by atoms with Gasteiger partial charge in [0.25, 0.3) is 0 Å². The Kier molecular flexibility index (Phi) is 3.21. The largest absolute Gasteiger partial charge is 0.358 e. The van der Waals surface area contributed by atoms with E-state index in [1.165, 1.54) is 6.26 Å². The molecule has 0 spiro atoms.